The van der Waals surface area contributed by atoms with Gasteiger partial charge in [-0.1, -0.05) is 19.4 Å². The minimum atomic E-state index is 0.0799. The lowest BCUT2D eigenvalue weighted by Crippen LogP contribution is -2.37. The van der Waals surface area contributed by atoms with E-state index in [1.54, 1.807) is 0 Å². The third-order valence-corrected chi connectivity index (χ3v) is 5.47. The van der Waals surface area contributed by atoms with E-state index in [1.807, 2.05) is 6.20 Å². The van der Waals surface area contributed by atoms with Gasteiger partial charge in [-0.25, -0.2) is 4.98 Å². The van der Waals surface area contributed by atoms with Gasteiger partial charge >= 0.3 is 0 Å². The number of rotatable bonds is 4. The quantitative estimate of drug-likeness (QED) is 0.889. The molecule has 1 amide bonds. The first-order valence-corrected chi connectivity index (χ1v) is 9.35. The number of carbonyl (C=O) groups excluding carboxylic acids is 1. The number of piperidine rings is 1. The molecule has 3 N–H and O–H groups in total. The van der Waals surface area contributed by atoms with Crippen molar-refractivity contribution in [2.24, 2.45) is 17.6 Å². The first-order valence-electron chi connectivity index (χ1n) is 9.35. The van der Waals surface area contributed by atoms with E-state index in [2.05, 4.69) is 34.3 Å². The summed E-state index contributed by atoms with van der Waals surface area (Å²) >= 11 is 0. The minimum Gasteiger partial charge on any atom is -0.357 e. The third kappa shape index (κ3) is 4.47. The maximum absolute atomic E-state index is 12.3. The number of nitrogens with zero attached hydrogens (tertiary/aromatic N) is 2. The first-order chi connectivity index (χ1) is 11.6. The Morgan fingerprint density at radius 1 is 1.29 bits per heavy atom. The smallest absolute Gasteiger partial charge is 0.223 e. The van der Waals surface area contributed by atoms with Crippen LogP contribution < -0.4 is 16.0 Å². The SMILES string of the molecule is CC1CCN(c2ccc(CNC(=O)C3CCCC(N)C3)cn2)CC1. The van der Waals surface area contributed by atoms with Gasteiger partial charge < -0.3 is 16.0 Å². The average Bonchev–Trinajstić information content (AvgIpc) is 2.61. The van der Waals surface area contributed by atoms with E-state index in [0.29, 0.717) is 6.54 Å². The summed E-state index contributed by atoms with van der Waals surface area (Å²) < 4.78 is 0. The summed E-state index contributed by atoms with van der Waals surface area (Å²) in [5, 5.41) is 3.05. The predicted octanol–water partition coefficient (Wildman–Crippen LogP) is 2.45. The summed E-state index contributed by atoms with van der Waals surface area (Å²) in [6.07, 6.45) is 8.25. The van der Waals surface area contributed by atoms with Crippen molar-refractivity contribution < 1.29 is 4.79 Å². The molecule has 5 heteroatoms. The van der Waals surface area contributed by atoms with Crippen molar-refractivity contribution >= 4 is 11.7 Å². The van der Waals surface area contributed by atoms with Gasteiger partial charge in [-0.3, -0.25) is 4.79 Å². The highest BCUT2D eigenvalue weighted by molar-refractivity contribution is 5.78. The molecule has 0 radical (unpaired) electrons. The Hall–Kier alpha value is -1.62. The van der Waals surface area contributed by atoms with Crippen molar-refractivity contribution in [2.75, 3.05) is 18.0 Å². The fourth-order valence-electron chi connectivity index (χ4n) is 3.75. The molecule has 1 aliphatic heterocycles. The van der Waals surface area contributed by atoms with Crippen LogP contribution in [0.3, 0.4) is 0 Å². The normalized spacial score (nSPS) is 25.5. The molecule has 1 saturated heterocycles. The highest BCUT2D eigenvalue weighted by Gasteiger charge is 2.25. The van der Waals surface area contributed by atoms with Crippen LogP contribution >= 0.6 is 0 Å². The van der Waals surface area contributed by atoms with E-state index in [4.69, 9.17) is 5.73 Å². The van der Waals surface area contributed by atoms with Gasteiger partial charge in [-0.2, -0.15) is 0 Å². The number of anilines is 1. The van der Waals surface area contributed by atoms with E-state index < -0.39 is 0 Å². The van der Waals surface area contributed by atoms with Gasteiger partial charge in [0.15, 0.2) is 0 Å². The molecule has 0 bridgehead atoms. The molecular formula is C19H30N4O. The van der Waals surface area contributed by atoms with Crippen molar-refractivity contribution in [3.63, 3.8) is 0 Å². The van der Waals surface area contributed by atoms with Crippen LogP contribution in [0.4, 0.5) is 5.82 Å². The second-order valence-corrected chi connectivity index (χ2v) is 7.54. The van der Waals surface area contributed by atoms with Crippen LogP contribution in [-0.2, 0) is 11.3 Å². The van der Waals surface area contributed by atoms with Crippen LogP contribution in [0.25, 0.3) is 0 Å². The predicted molar refractivity (Wildman–Crippen MR) is 96.6 cm³/mol. The van der Waals surface area contributed by atoms with Gasteiger partial charge in [0.1, 0.15) is 5.82 Å². The van der Waals surface area contributed by atoms with Gasteiger partial charge in [-0.15, -0.1) is 0 Å². The molecule has 1 aliphatic carbocycles. The first kappa shape index (κ1) is 17.2. The van der Waals surface area contributed by atoms with Crippen LogP contribution in [0.2, 0.25) is 0 Å². The minimum absolute atomic E-state index is 0.0799. The highest BCUT2D eigenvalue weighted by Crippen LogP contribution is 2.23. The summed E-state index contributed by atoms with van der Waals surface area (Å²) in [4.78, 5) is 19.2. The van der Waals surface area contributed by atoms with Crippen LogP contribution in [0.1, 0.15) is 51.0 Å². The fourth-order valence-corrected chi connectivity index (χ4v) is 3.75. The van der Waals surface area contributed by atoms with Crippen molar-refractivity contribution in [2.45, 2.75) is 58.0 Å². The molecular weight excluding hydrogens is 300 g/mol. The van der Waals surface area contributed by atoms with E-state index in [-0.39, 0.29) is 17.9 Å². The Balaban J connectivity index is 1.48. The molecule has 2 heterocycles. The Labute approximate surface area is 145 Å². The highest BCUT2D eigenvalue weighted by atomic mass is 16.1. The molecule has 2 atom stereocenters. The second-order valence-electron chi connectivity index (χ2n) is 7.54. The zero-order valence-corrected chi connectivity index (χ0v) is 14.7. The maximum Gasteiger partial charge on any atom is 0.223 e. The standard InChI is InChI=1S/C19H30N4O/c1-14-7-9-23(10-8-14)18-6-5-15(12-21-18)13-22-19(24)16-3-2-4-17(20)11-16/h5-6,12,14,16-17H,2-4,7-11,13,20H2,1H3,(H,22,24). The monoisotopic (exact) mass is 330 g/mol. The van der Waals surface area contributed by atoms with E-state index in [0.717, 1.165) is 56.1 Å². The van der Waals surface area contributed by atoms with Gasteiger partial charge in [0.25, 0.3) is 0 Å². The Morgan fingerprint density at radius 3 is 2.75 bits per heavy atom. The molecule has 2 unspecified atom stereocenters. The van der Waals surface area contributed by atoms with Gasteiger partial charge in [0.05, 0.1) is 0 Å². The summed E-state index contributed by atoms with van der Waals surface area (Å²) in [5.41, 5.74) is 7.02. The lowest BCUT2D eigenvalue weighted by molar-refractivity contribution is -0.126. The number of carbonyl (C=O) groups is 1. The van der Waals surface area contributed by atoms with Crippen molar-refractivity contribution in [3.8, 4) is 0 Å². The zero-order valence-electron chi connectivity index (χ0n) is 14.7. The second kappa shape index (κ2) is 7.97. The summed E-state index contributed by atoms with van der Waals surface area (Å²) in [7, 11) is 0. The van der Waals surface area contributed by atoms with Gasteiger partial charge in [0, 0.05) is 37.8 Å². The van der Waals surface area contributed by atoms with Gasteiger partial charge in [-0.05, 0) is 49.7 Å². The average molecular weight is 330 g/mol. The lowest BCUT2D eigenvalue weighted by Gasteiger charge is -2.31. The van der Waals surface area contributed by atoms with E-state index >= 15 is 0 Å². The zero-order chi connectivity index (χ0) is 16.9. The van der Waals surface area contributed by atoms with Crippen LogP contribution in [0.15, 0.2) is 18.3 Å². The summed E-state index contributed by atoms with van der Waals surface area (Å²) in [6, 6.07) is 4.34. The molecule has 3 rings (SSSR count). The van der Waals surface area contributed by atoms with Crippen molar-refractivity contribution in [1.82, 2.24) is 10.3 Å². The molecule has 1 aromatic rings. The largest absolute Gasteiger partial charge is 0.357 e. The molecule has 24 heavy (non-hydrogen) atoms. The molecule has 0 spiro atoms. The third-order valence-electron chi connectivity index (χ3n) is 5.47. The van der Waals surface area contributed by atoms with Crippen molar-refractivity contribution in [1.29, 1.82) is 0 Å². The maximum atomic E-state index is 12.3. The molecule has 1 saturated carbocycles. The fraction of sp³-hybridized carbons (Fsp3) is 0.684. The Kier molecular flexibility index (Phi) is 5.72. The Morgan fingerprint density at radius 2 is 2.08 bits per heavy atom. The van der Waals surface area contributed by atoms with Crippen LogP contribution in [-0.4, -0.2) is 30.0 Å². The Bertz CT molecular complexity index is 537. The number of nitrogens with two attached hydrogens (primary N) is 1. The number of amides is 1. The number of hydrogen-bond donors (Lipinski definition) is 2. The summed E-state index contributed by atoms with van der Waals surface area (Å²) in [5.74, 6) is 2.09. The molecule has 1 aromatic heterocycles. The molecule has 0 aromatic carbocycles. The van der Waals surface area contributed by atoms with Crippen LogP contribution in [0.5, 0.6) is 0 Å². The molecule has 5 nitrogen and oxygen atoms in total. The molecule has 2 aliphatic rings. The van der Waals surface area contributed by atoms with Crippen LogP contribution in [0, 0.1) is 11.8 Å². The van der Waals surface area contributed by atoms with Gasteiger partial charge in [0.2, 0.25) is 5.91 Å². The number of aromatic nitrogens is 1. The number of pyridine rings is 1. The topological polar surface area (TPSA) is 71.2 Å². The molecule has 2 fully saturated rings. The van der Waals surface area contributed by atoms with E-state index in [1.165, 1.54) is 12.8 Å². The molecule has 132 valence electrons. The van der Waals surface area contributed by atoms with E-state index in [9.17, 15) is 4.79 Å². The number of nitrogens with one attached hydrogen (secondary N) is 1. The number of hydrogen-bond acceptors (Lipinski definition) is 4. The lowest BCUT2D eigenvalue weighted by atomic mass is 9.85. The summed E-state index contributed by atoms with van der Waals surface area (Å²) in [6.45, 7) is 5.04. The van der Waals surface area contributed by atoms with Crippen molar-refractivity contribution in [3.05, 3.63) is 23.9 Å².